The molecule has 1 fully saturated rings. The quantitative estimate of drug-likeness (QED) is 0.321. The Morgan fingerprint density at radius 3 is 2.30 bits per heavy atom. The second kappa shape index (κ2) is 12.8. The van der Waals surface area contributed by atoms with Crippen LogP contribution in [0.2, 0.25) is 0 Å². The van der Waals surface area contributed by atoms with Crippen molar-refractivity contribution >= 4 is 0 Å². The zero-order chi connectivity index (χ0) is 23.6. The first-order valence-corrected chi connectivity index (χ1v) is 13.0. The maximum atomic E-state index is 15.2. The molecule has 0 unspecified atom stereocenters. The molecular weight excluding hydrogens is 409 g/mol. The molecule has 178 valence electrons. The van der Waals surface area contributed by atoms with Gasteiger partial charge in [0.25, 0.3) is 0 Å². The summed E-state index contributed by atoms with van der Waals surface area (Å²) < 4.78 is 20.7. The van der Waals surface area contributed by atoms with Gasteiger partial charge in [-0.2, -0.15) is 5.26 Å². The predicted octanol–water partition coefficient (Wildman–Crippen LogP) is 8.96. The summed E-state index contributed by atoms with van der Waals surface area (Å²) >= 11 is 0. The van der Waals surface area contributed by atoms with Crippen LogP contribution in [-0.2, 0) is 6.42 Å². The smallest absolute Gasteiger partial charge is 0.168 e. The van der Waals surface area contributed by atoms with Crippen molar-refractivity contribution in [2.24, 2.45) is 5.92 Å². The highest BCUT2D eigenvalue weighted by molar-refractivity contribution is 5.77. The van der Waals surface area contributed by atoms with Crippen molar-refractivity contribution in [1.29, 1.82) is 5.26 Å². The molecule has 1 aliphatic rings. The fraction of sp³-hybridized carbons (Fsp3) is 0.567. The predicted molar refractivity (Wildman–Crippen MR) is 135 cm³/mol. The Morgan fingerprint density at radius 2 is 1.64 bits per heavy atom. The molecule has 3 rings (SSSR count). The number of benzene rings is 2. The fourth-order valence-electron chi connectivity index (χ4n) is 5.38. The highest BCUT2D eigenvalue weighted by Gasteiger charge is 2.24. The average molecular weight is 450 g/mol. The van der Waals surface area contributed by atoms with Gasteiger partial charge in [-0.3, -0.25) is 0 Å². The van der Waals surface area contributed by atoms with Crippen molar-refractivity contribution in [3.63, 3.8) is 0 Å². The number of hydrogen-bond acceptors (Lipinski definition) is 2. The van der Waals surface area contributed by atoms with E-state index >= 15 is 4.39 Å². The summed E-state index contributed by atoms with van der Waals surface area (Å²) in [6.45, 7) is 4.41. The summed E-state index contributed by atoms with van der Waals surface area (Å²) in [5.74, 6) is 1.35. The number of aryl methyl sites for hydroxylation is 1. The zero-order valence-electron chi connectivity index (χ0n) is 20.8. The van der Waals surface area contributed by atoms with Crippen molar-refractivity contribution < 1.29 is 9.13 Å². The minimum atomic E-state index is -0.291. The third-order valence-corrected chi connectivity index (χ3v) is 7.42. The highest BCUT2D eigenvalue weighted by atomic mass is 19.1. The van der Waals surface area contributed by atoms with Crippen LogP contribution < -0.4 is 4.74 Å². The number of nitriles is 1. The standard InChI is InChI=1S/C30H40FNO/c1-4-6-8-10-22-12-14-23(15-13-22)25-17-18-27(26(20-25)21-32)28-19-16-24(11-9-7-5-2)29(31)30(28)33-3/h16-20,22-23H,4-15H2,1-3H3. The molecule has 0 N–H and O–H groups in total. The summed E-state index contributed by atoms with van der Waals surface area (Å²) in [5, 5.41) is 9.91. The van der Waals surface area contributed by atoms with Crippen molar-refractivity contribution in [2.75, 3.05) is 7.11 Å². The Bertz CT molecular complexity index is 937. The number of ether oxygens (including phenoxy) is 1. The minimum absolute atomic E-state index is 0.251. The third kappa shape index (κ3) is 6.38. The Kier molecular flexibility index (Phi) is 9.79. The molecule has 0 heterocycles. The number of nitrogens with zero attached hydrogens (tertiary/aromatic N) is 1. The van der Waals surface area contributed by atoms with E-state index in [4.69, 9.17) is 4.74 Å². The Balaban J connectivity index is 1.78. The normalized spacial score (nSPS) is 18.2. The van der Waals surface area contributed by atoms with E-state index in [1.807, 2.05) is 24.3 Å². The van der Waals surface area contributed by atoms with Crippen LogP contribution in [0, 0.1) is 23.1 Å². The number of rotatable bonds is 11. The van der Waals surface area contributed by atoms with Crippen LogP contribution in [0.1, 0.15) is 107 Å². The molecule has 1 saturated carbocycles. The second-order valence-corrected chi connectivity index (χ2v) is 9.71. The van der Waals surface area contributed by atoms with Crippen LogP contribution >= 0.6 is 0 Å². The lowest BCUT2D eigenvalue weighted by atomic mass is 9.76. The fourth-order valence-corrected chi connectivity index (χ4v) is 5.38. The maximum absolute atomic E-state index is 15.2. The third-order valence-electron chi connectivity index (χ3n) is 7.42. The summed E-state index contributed by atoms with van der Waals surface area (Å²) in [6, 6.07) is 12.3. The van der Waals surface area contributed by atoms with E-state index in [1.165, 1.54) is 64.0 Å². The van der Waals surface area contributed by atoms with Crippen molar-refractivity contribution in [2.45, 2.75) is 96.8 Å². The van der Waals surface area contributed by atoms with E-state index < -0.39 is 0 Å². The van der Waals surface area contributed by atoms with Gasteiger partial charge in [0.1, 0.15) is 0 Å². The van der Waals surface area contributed by atoms with Crippen molar-refractivity contribution in [3.8, 4) is 22.9 Å². The van der Waals surface area contributed by atoms with Crippen molar-refractivity contribution in [1.82, 2.24) is 0 Å². The summed E-state index contributed by atoms with van der Waals surface area (Å²) in [6.07, 6.45) is 14.2. The van der Waals surface area contributed by atoms with Crippen LogP contribution in [0.3, 0.4) is 0 Å². The molecule has 0 aliphatic heterocycles. The van der Waals surface area contributed by atoms with E-state index in [2.05, 4.69) is 26.0 Å². The van der Waals surface area contributed by atoms with Gasteiger partial charge in [-0.1, -0.05) is 76.6 Å². The van der Waals surface area contributed by atoms with E-state index in [0.29, 0.717) is 29.0 Å². The Labute approximate surface area is 200 Å². The molecule has 0 aromatic heterocycles. The minimum Gasteiger partial charge on any atom is -0.493 e. The molecule has 0 radical (unpaired) electrons. The van der Waals surface area contributed by atoms with Gasteiger partial charge >= 0.3 is 0 Å². The first kappa shape index (κ1) is 25.3. The maximum Gasteiger partial charge on any atom is 0.168 e. The molecule has 1 aliphatic carbocycles. The molecule has 0 saturated heterocycles. The summed E-state index contributed by atoms with van der Waals surface area (Å²) in [5.41, 5.74) is 3.96. The van der Waals surface area contributed by atoms with Crippen LogP contribution in [0.15, 0.2) is 30.3 Å². The number of methoxy groups -OCH3 is 1. The highest BCUT2D eigenvalue weighted by Crippen LogP contribution is 2.41. The second-order valence-electron chi connectivity index (χ2n) is 9.71. The number of halogens is 1. The first-order valence-electron chi connectivity index (χ1n) is 13.0. The van der Waals surface area contributed by atoms with Gasteiger partial charge in [0.15, 0.2) is 11.6 Å². The first-order chi connectivity index (χ1) is 16.1. The van der Waals surface area contributed by atoms with E-state index in [1.54, 1.807) is 0 Å². The lowest BCUT2D eigenvalue weighted by molar-refractivity contribution is 0.303. The molecule has 0 bridgehead atoms. The SMILES string of the molecule is CCCCCc1ccc(-c2ccc(C3CCC(CCCCC)CC3)cc2C#N)c(OC)c1F. The number of unbranched alkanes of at least 4 members (excludes halogenated alkanes) is 4. The number of hydrogen-bond donors (Lipinski definition) is 0. The molecule has 0 spiro atoms. The molecule has 2 nitrogen and oxygen atoms in total. The van der Waals surface area contributed by atoms with Gasteiger partial charge in [-0.15, -0.1) is 0 Å². The molecule has 2 aromatic carbocycles. The molecule has 0 amide bonds. The van der Waals surface area contributed by atoms with Crippen LogP contribution in [0.5, 0.6) is 5.75 Å². The average Bonchev–Trinajstić information content (AvgIpc) is 2.85. The topological polar surface area (TPSA) is 33.0 Å². The van der Waals surface area contributed by atoms with Crippen LogP contribution in [0.4, 0.5) is 4.39 Å². The molecule has 2 aromatic rings. The monoisotopic (exact) mass is 449 g/mol. The molecule has 0 atom stereocenters. The Morgan fingerprint density at radius 1 is 0.939 bits per heavy atom. The lowest BCUT2D eigenvalue weighted by Gasteiger charge is -2.29. The van der Waals surface area contributed by atoms with Gasteiger partial charge in [0.05, 0.1) is 18.7 Å². The summed E-state index contributed by atoms with van der Waals surface area (Å²) in [4.78, 5) is 0. The summed E-state index contributed by atoms with van der Waals surface area (Å²) in [7, 11) is 1.51. The zero-order valence-corrected chi connectivity index (χ0v) is 20.8. The largest absolute Gasteiger partial charge is 0.493 e. The lowest BCUT2D eigenvalue weighted by Crippen LogP contribution is -2.13. The Hall–Kier alpha value is -2.34. The molecule has 3 heteroatoms. The molecular formula is C30H40FNO. The van der Waals surface area contributed by atoms with Gasteiger partial charge in [0, 0.05) is 11.1 Å². The van der Waals surface area contributed by atoms with E-state index in [-0.39, 0.29) is 11.6 Å². The van der Waals surface area contributed by atoms with Gasteiger partial charge < -0.3 is 4.74 Å². The van der Waals surface area contributed by atoms with E-state index in [0.717, 1.165) is 30.7 Å². The van der Waals surface area contributed by atoms with Gasteiger partial charge in [-0.25, -0.2) is 4.39 Å². The van der Waals surface area contributed by atoms with Crippen LogP contribution in [0.25, 0.3) is 11.1 Å². The van der Waals surface area contributed by atoms with Crippen molar-refractivity contribution in [3.05, 3.63) is 52.8 Å². The van der Waals surface area contributed by atoms with Crippen LogP contribution in [-0.4, -0.2) is 7.11 Å². The molecule has 33 heavy (non-hydrogen) atoms. The van der Waals surface area contributed by atoms with E-state index in [9.17, 15) is 5.26 Å². The van der Waals surface area contributed by atoms with Gasteiger partial charge in [0.2, 0.25) is 0 Å². The van der Waals surface area contributed by atoms with Gasteiger partial charge in [-0.05, 0) is 67.6 Å².